The molecule has 0 radical (unpaired) electrons. The van der Waals surface area contributed by atoms with Crippen molar-refractivity contribution in [3.8, 4) is 0 Å². The van der Waals surface area contributed by atoms with Gasteiger partial charge in [0, 0.05) is 12.0 Å². The fourth-order valence-corrected chi connectivity index (χ4v) is 2.10. The van der Waals surface area contributed by atoms with Crippen LogP contribution in [0.3, 0.4) is 0 Å². The normalized spacial score (nSPS) is 14.2. The third-order valence-corrected chi connectivity index (χ3v) is 3.44. The summed E-state index contributed by atoms with van der Waals surface area (Å²) in [6.45, 7) is 9.19. The number of aryl methyl sites for hydroxylation is 2. The zero-order chi connectivity index (χ0) is 13.8. The second-order valence-corrected chi connectivity index (χ2v) is 5.20. The first-order chi connectivity index (χ1) is 8.39. The Morgan fingerprint density at radius 1 is 1.33 bits per heavy atom. The van der Waals surface area contributed by atoms with Crippen molar-refractivity contribution in [2.45, 2.75) is 46.1 Å². The molecule has 1 atom stereocenters. The third kappa shape index (κ3) is 3.57. The smallest absolute Gasteiger partial charge is 0.219 e. The van der Waals surface area contributed by atoms with Gasteiger partial charge in [-0.25, -0.2) is 0 Å². The average Bonchev–Trinajstić information content (AvgIpc) is 2.29. The Morgan fingerprint density at radius 2 is 2.00 bits per heavy atom. The lowest BCUT2D eigenvalue weighted by atomic mass is 9.86. The molecule has 3 nitrogen and oxygen atoms in total. The molecule has 0 fully saturated rings. The molecule has 1 amide bonds. The van der Waals surface area contributed by atoms with E-state index in [-0.39, 0.29) is 11.4 Å². The highest BCUT2D eigenvalue weighted by Gasteiger charge is 2.28. The Hall–Kier alpha value is -1.35. The Kier molecular flexibility index (Phi) is 4.91. The quantitative estimate of drug-likeness (QED) is 0.812. The summed E-state index contributed by atoms with van der Waals surface area (Å²) in [4.78, 5) is 11.3. The van der Waals surface area contributed by atoms with E-state index in [1.54, 1.807) is 0 Å². The third-order valence-electron chi connectivity index (χ3n) is 3.44. The summed E-state index contributed by atoms with van der Waals surface area (Å²) >= 11 is 0. The Labute approximate surface area is 110 Å². The van der Waals surface area contributed by atoms with E-state index in [1.165, 1.54) is 11.1 Å². The maximum atomic E-state index is 11.3. The van der Waals surface area contributed by atoms with Crippen molar-refractivity contribution >= 4 is 5.91 Å². The van der Waals surface area contributed by atoms with Crippen molar-refractivity contribution in [3.63, 3.8) is 0 Å². The fraction of sp³-hybridized carbons (Fsp3) is 0.533. The number of carbonyl (C=O) groups excluding carboxylic acids is 1. The molecular weight excluding hydrogens is 224 g/mol. The van der Waals surface area contributed by atoms with E-state index < -0.39 is 0 Å². The number of nitrogens with one attached hydrogen (secondary N) is 1. The molecule has 0 bridgehead atoms. The van der Waals surface area contributed by atoms with Crippen molar-refractivity contribution in [1.82, 2.24) is 5.32 Å². The van der Waals surface area contributed by atoms with Crippen LogP contribution in [-0.4, -0.2) is 12.5 Å². The highest BCUT2D eigenvalue weighted by Crippen LogP contribution is 2.26. The van der Waals surface area contributed by atoms with Crippen LogP contribution in [0.1, 0.15) is 43.4 Å². The molecule has 0 aliphatic rings. The van der Waals surface area contributed by atoms with Gasteiger partial charge in [0.25, 0.3) is 0 Å². The van der Waals surface area contributed by atoms with Gasteiger partial charge >= 0.3 is 0 Å². The lowest BCUT2D eigenvalue weighted by molar-refractivity contribution is -0.119. The lowest BCUT2D eigenvalue weighted by Crippen LogP contribution is -2.43. The largest absolute Gasteiger partial charge is 0.370 e. The van der Waals surface area contributed by atoms with Crippen molar-refractivity contribution in [3.05, 3.63) is 34.9 Å². The molecule has 1 rings (SSSR count). The van der Waals surface area contributed by atoms with Gasteiger partial charge in [-0.1, -0.05) is 25.1 Å². The number of primary amides is 1. The van der Waals surface area contributed by atoms with Crippen molar-refractivity contribution in [1.29, 1.82) is 0 Å². The van der Waals surface area contributed by atoms with E-state index in [0.29, 0.717) is 6.42 Å². The molecule has 0 saturated carbocycles. The van der Waals surface area contributed by atoms with Gasteiger partial charge in [0.1, 0.15) is 0 Å². The van der Waals surface area contributed by atoms with E-state index >= 15 is 0 Å². The molecule has 0 saturated heterocycles. The van der Waals surface area contributed by atoms with Crippen LogP contribution in [0.5, 0.6) is 0 Å². The van der Waals surface area contributed by atoms with Crippen LogP contribution in [0.15, 0.2) is 18.2 Å². The first kappa shape index (κ1) is 14.7. The summed E-state index contributed by atoms with van der Waals surface area (Å²) < 4.78 is 0. The summed E-state index contributed by atoms with van der Waals surface area (Å²) in [5.74, 6) is -0.278. The van der Waals surface area contributed by atoms with E-state index in [1.807, 2.05) is 6.92 Å². The number of rotatable bonds is 6. The molecule has 0 aliphatic carbocycles. The SMILES string of the molecule is CCCNC(C)(CC(N)=O)c1ccc(C)c(C)c1. The van der Waals surface area contributed by atoms with Gasteiger partial charge in [-0.2, -0.15) is 0 Å². The van der Waals surface area contributed by atoms with E-state index in [4.69, 9.17) is 5.73 Å². The summed E-state index contributed by atoms with van der Waals surface area (Å²) in [5.41, 5.74) is 8.62. The highest BCUT2D eigenvalue weighted by atomic mass is 16.1. The molecule has 18 heavy (non-hydrogen) atoms. The molecular formula is C15H24N2O. The Morgan fingerprint density at radius 3 is 2.50 bits per heavy atom. The minimum Gasteiger partial charge on any atom is -0.370 e. The van der Waals surface area contributed by atoms with Crippen LogP contribution in [-0.2, 0) is 10.3 Å². The molecule has 1 unspecified atom stereocenters. The minimum absolute atomic E-state index is 0.278. The average molecular weight is 248 g/mol. The first-order valence-corrected chi connectivity index (χ1v) is 6.50. The van der Waals surface area contributed by atoms with Crippen molar-refractivity contribution in [2.24, 2.45) is 5.73 Å². The Bertz CT molecular complexity index is 429. The molecule has 3 N–H and O–H groups in total. The van der Waals surface area contributed by atoms with Crippen LogP contribution < -0.4 is 11.1 Å². The number of hydrogen-bond acceptors (Lipinski definition) is 2. The molecule has 0 aliphatic heterocycles. The van der Waals surface area contributed by atoms with E-state index in [0.717, 1.165) is 18.5 Å². The molecule has 1 aromatic carbocycles. The number of amides is 1. The molecule has 0 heterocycles. The first-order valence-electron chi connectivity index (χ1n) is 6.50. The second kappa shape index (κ2) is 6.01. The maximum absolute atomic E-state index is 11.3. The number of carbonyl (C=O) groups is 1. The second-order valence-electron chi connectivity index (χ2n) is 5.20. The van der Waals surface area contributed by atoms with Gasteiger partial charge in [0.2, 0.25) is 5.91 Å². The lowest BCUT2D eigenvalue weighted by Gasteiger charge is -2.31. The van der Waals surface area contributed by atoms with Gasteiger partial charge in [0.15, 0.2) is 0 Å². The van der Waals surface area contributed by atoms with Crippen LogP contribution >= 0.6 is 0 Å². The molecule has 0 spiro atoms. The van der Waals surface area contributed by atoms with Gasteiger partial charge in [0.05, 0.1) is 0 Å². The zero-order valence-corrected chi connectivity index (χ0v) is 11.8. The maximum Gasteiger partial charge on any atom is 0.219 e. The van der Waals surface area contributed by atoms with Crippen LogP contribution in [0, 0.1) is 13.8 Å². The van der Waals surface area contributed by atoms with Gasteiger partial charge in [-0.05, 0) is 50.4 Å². The fourth-order valence-electron chi connectivity index (χ4n) is 2.10. The monoisotopic (exact) mass is 248 g/mol. The molecule has 0 aromatic heterocycles. The minimum atomic E-state index is -0.375. The van der Waals surface area contributed by atoms with E-state index in [2.05, 4.69) is 44.3 Å². The van der Waals surface area contributed by atoms with Crippen LogP contribution in [0.4, 0.5) is 0 Å². The molecule has 3 heteroatoms. The number of nitrogens with two attached hydrogens (primary N) is 1. The summed E-state index contributed by atoms with van der Waals surface area (Å²) in [6.07, 6.45) is 1.34. The van der Waals surface area contributed by atoms with Crippen molar-refractivity contribution < 1.29 is 4.79 Å². The number of benzene rings is 1. The van der Waals surface area contributed by atoms with E-state index in [9.17, 15) is 4.79 Å². The zero-order valence-electron chi connectivity index (χ0n) is 11.8. The van der Waals surface area contributed by atoms with Gasteiger partial charge in [-0.3, -0.25) is 4.79 Å². The molecule has 100 valence electrons. The predicted octanol–water partition coefficient (Wildman–Crippen LogP) is 2.39. The topological polar surface area (TPSA) is 55.1 Å². The van der Waals surface area contributed by atoms with Crippen LogP contribution in [0.2, 0.25) is 0 Å². The van der Waals surface area contributed by atoms with Gasteiger partial charge < -0.3 is 11.1 Å². The predicted molar refractivity (Wildman–Crippen MR) is 75.4 cm³/mol. The summed E-state index contributed by atoms with van der Waals surface area (Å²) in [7, 11) is 0. The highest BCUT2D eigenvalue weighted by molar-refractivity contribution is 5.75. The molecule has 1 aromatic rings. The summed E-state index contributed by atoms with van der Waals surface area (Å²) in [6, 6.07) is 6.31. The van der Waals surface area contributed by atoms with Gasteiger partial charge in [-0.15, -0.1) is 0 Å². The Balaban J connectivity index is 3.07. The summed E-state index contributed by atoms with van der Waals surface area (Å²) in [5, 5.41) is 3.44. The number of hydrogen-bond donors (Lipinski definition) is 2. The van der Waals surface area contributed by atoms with Crippen LogP contribution in [0.25, 0.3) is 0 Å². The van der Waals surface area contributed by atoms with Crippen molar-refractivity contribution in [2.75, 3.05) is 6.54 Å². The standard InChI is InChI=1S/C15H24N2O/c1-5-8-17-15(4,10-14(16)18)13-7-6-11(2)12(3)9-13/h6-7,9,17H,5,8,10H2,1-4H3,(H2,16,18).